The summed E-state index contributed by atoms with van der Waals surface area (Å²) in [5.41, 5.74) is 0.197. The van der Waals surface area contributed by atoms with E-state index in [0.717, 1.165) is 0 Å². The lowest BCUT2D eigenvalue weighted by Crippen LogP contribution is -2.12. The molecule has 0 saturated heterocycles. The third-order valence-corrected chi connectivity index (χ3v) is 2.26. The second kappa shape index (κ2) is 7.60. The van der Waals surface area contributed by atoms with Gasteiger partial charge in [0.1, 0.15) is 19.0 Å². The summed E-state index contributed by atoms with van der Waals surface area (Å²) in [6.45, 7) is 0.387. The van der Waals surface area contributed by atoms with Gasteiger partial charge in [-0.3, -0.25) is 4.79 Å². The molecule has 18 heavy (non-hydrogen) atoms. The van der Waals surface area contributed by atoms with Crippen molar-refractivity contribution in [1.82, 2.24) is 0 Å². The number of carboxylic acid groups (broad SMARTS) is 1. The Morgan fingerprint density at radius 2 is 1.83 bits per heavy atom. The van der Waals surface area contributed by atoms with Crippen LogP contribution in [0.1, 0.15) is 16.8 Å². The van der Waals surface area contributed by atoms with E-state index in [-0.39, 0.29) is 31.2 Å². The van der Waals surface area contributed by atoms with Gasteiger partial charge in [0.15, 0.2) is 0 Å². The predicted octanol–water partition coefficient (Wildman–Crippen LogP) is 1.63. The lowest BCUT2D eigenvalue weighted by atomic mass is 10.2. The smallest absolute Gasteiger partial charge is 0.335 e. The molecule has 1 aromatic rings. The first-order valence-corrected chi connectivity index (χ1v) is 5.99. The summed E-state index contributed by atoms with van der Waals surface area (Å²) in [5.74, 6) is -0.307. The SMILES string of the molecule is O=C(CCS)OCCOc1ccc(C(=O)O)cc1. The van der Waals surface area contributed by atoms with E-state index in [1.165, 1.54) is 12.1 Å². The lowest BCUT2D eigenvalue weighted by molar-refractivity contribution is -0.143. The minimum atomic E-state index is -0.984. The normalized spacial score (nSPS) is 9.83. The Hall–Kier alpha value is -1.69. The van der Waals surface area contributed by atoms with E-state index in [0.29, 0.717) is 11.5 Å². The molecule has 0 atom stereocenters. The number of aromatic carboxylic acids is 1. The molecule has 0 aliphatic rings. The number of esters is 1. The molecule has 6 heteroatoms. The number of carbonyl (C=O) groups is 2. The Labute approximate surface area is 110 Å². The van der Waals surface area contributed by atoms with E-state index in [2.05, 4.69) is 12.6 Å². The van der Waals surface area contributed by atoms with Crippen molar-refractivity contribution in [3.05, 3.63) is 29.8 Å². The second-order valence-corrected chi connectivity index (χ2v) is 3.82. The van der Waals surface area contributed by atoms with Crippen LogP contribution in [-0.4, -0.2) is 36.0 Å². The highest BCUT2D eigenvalue weighted by atomic mass is 32.1. The highest BCUT2D eigenvalue weighted by Gasteiger charge is 2.03. The maximum atomic E-state index is 11.0. The zero-order valence-electron chi connectivity index (χ0n) is 9.67. The van der Waals surface area contributed by atoms with Crippen molar-refractivity contribution in [2.24, 2.45) is 0 Å². The zero-order valence-corrected chi connectivity index (χ0v) is 10.6. The Kier molecular flexibility index (Phi) is 6.07. The first-order valence-electron chi connectivity index (χ1n) is 5.36. The average molecular weight is 270 g/mol. The quantitative estimate of drug-likeness (QED) is 0.447. The van der Waals surface area contributed by atoms with Gasteiger partial charge in [-0.15, -0.1) is 0 Å². The minimum absolute atomic E-state index is 0.160. The molecule has 0 heterocycles. The van der Waals surface area contributed by atoms with E-state index < -0.39 is 5.97 Å². The largest absolute Gasteiger partial charge is 0.490 e. The van der Waals surface area contributed by atoms with Gasteiger partial charge in [0.05, 0.1) is 12.0 Å². The van der Waals surface area contributed by atoms with Gasteiger partial charge >= 0.3 is 11.9 Å². The summed E-state index contributed by atoms with van der Waals surface area (Å²) < 4.78 is 10.1. The molecule has 0 aliphatic heterocycles. The van der Waals surface area contributed by atoms with Crippen LogP contribution in [-0.2, 0) is 9.53 Å². The summed E-state index contributed by atoms with van der Waals surface area (Å²) in [6, 6.07) is 6.01. The molecule has 1 N–H and O–H groups in total. The Morgan fingerprint density at radius 3 is 2.39 bits per heavy atom. The van der Waals surface area contributed by atoms with Crippen LogP contribution in [0.25, 0.3) is 0 Å². The Bertz CT molecular complexity index is 401. The third-order valence-electron chi connectivity index (χ3n) is 2.03. The van der Waals surface area contributed by atoms with Gasteiger partial charge in [-0.1, -0.05) is 0 Å². The second-order valence-electron chi connectivity index (χ2n) is 3.37. The molecule has 0 fully saturated rings. The van der Waals surface area contributed by atoms with Crippen LogP contribution in [0.2, 0.25) is 0 Å². The van der Waals surface area contributed by atoms with Crippen molar-refractivity contribution in [1.29, 1.82) is 0 Å². The maximum absolute atomic E-state index is 11.0. The highest BCUT2D eigenvalue weighted by Crippen LogP contribution is 2.11. The zero-order chi connectivity index (χ0) is 13.4. The first-order chi connectivity index (χ1) is 8.63. The molecule has 0 spiro atoms. The summed E-state index contributed by atoms with van der Waals surface area (Å²) in [6.07, 6.45) is 0.274. The fraction of sp³-hybridized carbons (Fsp3) is 0.333. The molecule has 0 aromatic heterocycles. The fourth-order valence-electron chi connectivity index (χ4n) is 1.17. The van der Waals surface area contributed by atoms with Crippen molar-refractivity contribution < 1.29 is 24.2 Å². The molecule has 1 rings (SSSR count). The highest BCUT2D eigenvalue weighted by molar-refractivity contribution is 7.80. The standard InChI is InChI=1S/C12H14O5S/c13-11(5-8-18)17-7-6-16-10-3-1-9(2-4-10)12(14)15/h1-4,18H,5-8H2,(H,14,15). The Morgan fingerprint density at radius 1 is 1.17 bits per heavy atom. The molecule has 0 radical (unpaired) electrons. The van der Waals surface area contributed by atoms with E-state index in [9.17, 15) is 9.59 Å². The van der Waals surface area contributed by atoms with Gasteiger partial charge in [0.2, 0.25) is 0 Å². The fourth-order valence-corrected chi connectivity index (χ4v) is 1.35. The molecule has 0 amide bonds. The summed E-state index contributed by atoms with van der Waals surface area (Å²) in [4.78, 5) is 21.6. The maximum Gasteiger partial charge on any atom is 0.335 e. The van der Waals surface area contributed by atoms with Gasteiger partial charge in [-0.05, 0) is 24.3 Å². The molecule has 1 aromatic carbocycles. The van der Waals surface area contributed by atoms with Crippen LogP contribution in [0.5, 0.6) is 5.75 Å². The molecule has 5 nitrogen and oxygen atoms in total. The number of hydrogen-bond donors (Lipinski definition) is 2. The van der Waals surface area contributed by atoms with Crippen molar-refractivity contribution in [2.75, 3.05) is 19.0 Å². The van der Waals surface area contributed by atoms with Gasteiger partial charge in [0, 0.05) is 5.75 Å². The number of benzene rings is 1. The predicted molar refractivity (Wildman–Crippen MR) is 68.3 cm³/mol. The number of hydrogen-bond acceptors (Lipinski definition) is 5. The van der Waals surface area contributed by atoms with Gasteiger partial charge in [-0.25, -0.2) is 4.79 Å². The average Bonchev–Trinajstić information content (AvgIpc) is 2.35. The Balaban J connectivity index is 2.27. The first kappa shape index (κ1) is 14.4. The van der Waals surface area contributed by atoms with Crippen LogP contribution in [0, 0.1) is 0 Å². The van der Waals surface area contributed by atoms with Crippen LogP contribution < -0.4 is 4.74 Å². The van der Waals surface area contributed by atoms with Gasteiger partial charge in [-0.2, -0.15) is 12.6 Å². The van der Waals surface area contributed by atoms with E-state index in [4.69, 9.17) is 14.6 Å². The van der Waals surface area contributed by atoms with Crippen LogP contribution in [0.4, 0.5) is 0 Å². The number of thiol groups is 1. The van der Waals surface area contributed by atoms with E-state index in [1.54, 1.807) is 12.1 Å². The number of carboxylic acids is 1. The molecule has 0 saturated carbocycles. The molecular formula is C12H14O5S. The van der Waals surface area contributed by atoms with Crippen molar-refractivity contribution in [2.45, 2.75) is 6.42 Å². The molecule has 0 aliphatic carbocycles. The monoisotopic (exact) mass is 270 g/mol. The molecular weight excluding hydrogens is 256 g/mol. The summed E-state index contributed by atoms with van der Waals surface area (Å²) in [5, 5.41) is 8.70. The molecule has 98 valence electrons. The van der Waals surface area contributed by atoms with Crippen LogP contribution in [0.3, 0.4) is 0 Å². The lowest BCUT2D eigenvalue weighted by Gasteiger charge is -2.07. The van der Waals surface area contributed by atoms with Crippen molar-refractivity contribution >= 4 is 24.6 Å². The van der Waals surface area contributed by atoms with Crippen molar-refractivity contribution in [3.8, 4) is 5.75 Å². The van der Waals surface area contributed by atoms with E-state index in [1.807, 2.05) is 0 Å². The van der Waals surface area contributed by atoms with Crippen LogP contribution in [0.15, 0.2) is 24.3 Å². The van der Waals surface area contributed by atoms with Gasteiger partial charge in [0.25, 0.3) is 0 Å². The van der Waals surface area contributed by atoms with Crippen LogP contribution >= 0.6 is 12.6 Å². The number of carbonyl (C=O) groups excluding carboxylic acids is 1. The van der Waals surface area contributed by atoms with Gasteiger partial charge < -0.3 is 14.6 Å². The topological polar surface area (TPSA) is 72.8 Å². The molecule has 0 unspecified atom stereocenters. The van der Waals surface area contributed by atoms with E-state index >= 15 is 0 Å². The minimum Gasteiger partial charge on any atom is -0.490 e. The summed E-state index contributed by atoms with van der Waals surface area (Å²) >= 11 is 3.91. The third kappa shape index (κ3) is 5.09. The number of ether oxygens (including phenoxy) is 2. The summed E-state index contributed by atoms with van der Waals surface area (Å²) in [7, 11) is 0. The number of rotatable bonds is 7. The van der Waals surface area contributed by atoms with Crippen molar-refractivity contribution in [3.63, 3.8) is 0 Å². The molecule has 0 bridgehead atoms.